The summed E-state index contributed by atoms with van der Waals surface area (Å²) in [6.07, 6.45) is -0.514. The number of phenolic OH excluding ortho intramolecular Hbond substituents is 1. The Morgan fingerprint density at radius 1 is 1.30 bits per heavy atom. The van der Waals surface area contributed by atoms with Crippen molar-refractivity contribution in [1.29, 1.82) is 0 Å². The second-order valence-corrected chi connectivity index (χ2v) is 6.23. The summed E-state index contributed by atoms with van der Waals surface area (Å²) in [4.78, 5) is 25.8. The van der Waals surface area contributed by atoms with Crippen molar-refractivity contribution in [3.63, 3.8) is 0 Å². The average molecular weight is 320 g/mol. The SMILES string of the molecule is CC(C)(C)OC(=O)Nc1[nH]c2ccc(O)cc2c1CCC(=O)O. The monoisotopic (exact) mass is 320 g/mol. The molecule has 1 amide bonds. The molecular formula is C16H20N2O5. The number of fused-ring (bicyclic) bond motifs is 1. The summed E-state index contributed by atoms with van der Waals surface area (Å²) in [5.74, 6) is -0.499. The summed E-state index contributed by atoms with van der Waals surface area (Å²) >= 11 is 0. The Bertz CT molecular complexity index is 743. The molecule has 2 rings (SSSR count). The molecule has 1 aromatic carbocycles. The van der Waals surface area contributed by atoms with Crippen molar-refractivity contribution in [2.75, 3.05) is 5.32 Å². The van der Waals surface area contributed by atoms with E-state index in [4.69, 9.17) is 9.84 Å². The van der Waals surface area contributed by atoms with Crippen molar-refractivity contribution >= 4 is 28.8 Å². The standard InChI is InChI=1S/C16H20N2O5/c1-16(2,3)23-15(22)18-14-10(5-7-13(20)21)11-8-9(19)4-6-12(11)17-14/h4,6,8,17,19H,5,7H2,1-3H3,(H,18,22)(H,20,21). The first-order chi connectivity index (χ1) is 10.7. The van der Waals surface area contributed by atoms with Crippen molar-refractivity contribution in [2.45, 2.75) is 39.2 Å². The smallest absolute Gasteiger partial charge is 0.413 e. The summed E-state index contributed by atoms with van der Waals surface area (Å²) < 4.78 is 5.21. The largest absolute Gasteiger partial charge is 0.508 e. The van der Waals surface area contributed by atoms with Gasteiger partial charge in [-0.05, 0) is 45.4 Å². The van der Waals surface area contributed by atoms with Gasteiger partial charge in [0.2, 0.25) is 0 Å². The highest BCUT2D eigenvalue weighted by Gasteiger charge is 2.20. The number of H-pyrrole nitrogens is 1. The number of carboxylic acid groups (broad SMARTS) is 1. The van der Waals surface area contributed by atoms with Gasteiger partial charge in [0.05, 0.1) is 0 Å². The number of aromatic hydroxyl groups is 1. The van der Waals surface area contributed by atoms with Crippen LogP contribution in [0.1, 0.15) is 32.8 Å². The van der Waals surface area contributed by atoms with Crippen molar-refractivity contribution in [1.82, 2.24) is 4.98 Å². The molecule has 0 atom stereocenters. The molecule has 23 heavy (non-hydrogen) atoms. The predicted molar refractivity (Wildman–Crippen MR) is 85.8 cm³/mol. The van der Waals surface area contributed by atoms with Crippen LogP contribution in [-0.4, -0.2) is 32.9 Å². The van der Waals surface area contributed by atoms with E-state index in [1.807, 2.05) is 0 Å². The number of carboxylic acids is 1. The van der Waals surface area contributed by atoms with Gasteiger partial charge in [-0.15, -0.1) is 0 Å². The third-order valence-corrected chi connectivity index (χ3v) is 3.10. The predicted octanol–water partition coefficient (Wildman–Crippen LogP) is 3.24. The van der Waals surface area contributed by atoms with E-state index < -0.39 is 17.7 Å². The summed E-state index contributed by atoms with van der Waals surface area (Å²) in [5.41, 5.74) is 0.661. The molecule has 0 spiro atoms. The fourth-order valence-corrected chi connectivity index (χ4v) is 2.24. The Labute approximate surface area is 133 Å². The molecule has 0 fully saturated rings. The van der Waals surface area contributed by atoms with Crippen molar-refractivity contribution in [3.8, 4) is 5.75 Å². The van der Waals surface area contributed by atoms with Gasteiger partial charge in [0.1, 0.15) is 17.2 Å². The zero-order valence-corrected chi connectivity index (χ0v) is 13.3. The topological polar surface area (TPSA) is 112 Å². The number of amides is 1. The molecule has 0 aliphatic heterocycles. The second kappa shape index (κ2) is 6.20. The molecule has 0 aliphatic rings. The Morgan fingerprint density at radius 2 is 2.00 bits per heavy atom. The maximum atomic E-state index is 11.9. The highest BCUT2D eigenvalue weighted by molar-refractivity contribution is 5.95. The van der Waals surface area contributed by atoms with Crippen LogP contribution in [0.4, 0.5) is 10.6 Å². The maximum Gasteiger partial charge on any atom is 0.413 e. The number of carbonyl (C=O) groups is 2. The number of phenols is 1. The van der Waals surface area contributed by atoms with E-state index in [2.05, 4.69) is 10.3 Å². The Morgan fingerprint density at radius 3 is 2.61 bits per heavy atom. The number of aromatic amines is 1. The second-order valence-electron chi connectivity index (χ2n) is 6.23. The quantitative estimate of drug-likeness (QED) is 0.691. The van der Waals surface area contributed by atoms with E-state index in [1.165, 1.54) is 12.1 Å². The van der Waals surface area contributed by atoms with Gasteiger partial charge in [0, 0.05) is 22.9 Å². The summed E-state index contributed by atoms with van der Waals surface area (Å²) in [7, 11) is 0. The number of hydrogen-bond donors (Lipinski definition) is 4. The molecule has 2 aromatic rings. The lowest BCUT2D eigenvalue weighted by Gasteiger charge is -2.19. The van der Waals surface area contributed by atoms with Crippen LogP contribution < -0.4 is 5.32 Å². The van der Waals surface area contributed by atoms with Crippen LogP contribution in [-0.2, 0) is 16.0 Å². The van der Waals surface area contributed by atoms with Crippen LogP contribution in [0.25, 0.3) is 10.9 Å². The van der Waals surface area contributed by atoms with Gasteiger partial charge < -0.3 is 19.9 Å². The molecule has 0 saturated heterocycles. The number of benzene rings is 1. The van der Waals surface area contributed by atoms with E-state index in [1.54, 1.807) is 26.8 Å². The highest BCUT2D eigenvalue weighted by atomic mass is 16.6. The molecule has 1 aromatic heterocycles. The number of aromatic nitrogens is 1. The summed E-state index contributed by atoms with van der Waals surface area (Å²) in [6, 6.07) is 4.70. The molecule has 4 N–H and O–H groups in total. The normalized spacial score (nSPS) is 11.4. The minimum absolute atomic E-state index is 0.0666. The first-order valence-electron chi connectivity index (χ1n) is 7.21. The van der Waals surface area contributed by atoms with Crippen LogP contribution in [0.2, 0.25) is 0 Å². The van der Waals surface area contributed by atoms with Crippen molar-refractivity contribution in [3.05, 3.63) is 23.8 Å². The van der Waals surface area contributed by atoms with Crippen LogP contribution in [0.5, 0.6) is 5.75 Å². The van der Waals surface area contributed by atoms with Crippen molar-refractivity contribution in [2.24, 2.45) is 0 Å². The Kier molecular flexibility index (Phi) is 4.49. The molecule has 7 heteroatoms. The Balaban J connectivity index is 2.35. The summed E-state index contributed by atoms with van der Waals surface area (Å²) in [6.45, 7) is 5.25. The number of hydrogen-bond acceptors (Lipinski definition) is 4. The average Bonchev–Trinajstić information content (AvgIpc) is 2.70. The molecule has 0 bridgehead atoms. The van der Waals surface area contributed by atoms with E-state index in [-0.39, 0.29) is 18.6 Å². The first-order valence-corrected chi connectivity index (χ1v) is 7.21. The minimum Gasteiger partial charge on any atom is -0.508 e. The number of aryl methyl sites for hydroxylation is 1. The molecule has 124 valence electrons. The molecule has 0 radical (unpaired) electrons. The van der Waals surface area contributed by atoms with E-state index in [0.29, 0.717) is 22.3 Å². The zero-order chi connectivity index (χ0) is 17.2. The highest BCUT2D eigenvalue weighted by Crippen LogP contribution is 2.30. The van der Waals surface area contributed by atoms with Crippen LogP contribution >= 0.6 is 0 Å². The molecule has 0 unspecified atom stereocenters. The molecule has 0 aliphatic carbocycles. The fraction of sp³-hybridized carbons (Fsp3) is 0.375. The number of rotatable bonds is 4. The lowest BCUT2D eigenvalue weighted by molar-refractivity contribution is -0.136. The fourth-order valence-electron chi connectivity index (χ4n) is 2.24. The van der Waals surface area contributed by atoms with Crippen molar-refractivity contribution < 1.29 is 24.5 Å². The van der Waals surface area contributed by atoms with E-state index in [9.17, 15) is 14.7 Å². The number of aliphatic carboxylic acids is 1. The van der Waals surface area contributed by atoms with Crippen LogP contribution in [0, 0.1) is 0 Å². The maximum absolute atomic E-state index is 11.9. The number of ether oxygens (including phenoxy) is 1. The van der Waals surface area contributed by atoms with Crippen LogP contribution in [0.3, 0.4) is 0 Å². The molecule has 0 saturated carbocycles. The number of carbonyl (C=O) groups excluding carboxylic acids is 1. The number of nitrogens with one attached hydrogen (secondary N) is 2. The van der Waals surface area contributed by atoms with Gasteiger partial charge in [-0.25, -0.2) is 4.79 Å². The van der Waals surface area contributed by atoms with Gasteiger partial charge in [0.15, 0.2) is 0 Å². The zero-order valence-electron chi connectivity index (χ0n) is 13.3. The molecular weight excluding hydrogens is 300 g/mol. The summed E-state index contributed by atoms with van der Waals surface area (Å²) in [5, 5.41) is 21.8. The third kappa shape index (κ3) is 4.38. The van der Waals surface area contributed by atoms with Crippen LogP contribution in [0.15, 0.2) is 18.2 Å². The van der Waals surface area contributed by atoms with Gasteiger partial charge in [-0.3, -0.25) is 10.1 Å². The van der Waals surface area contributed by atoms with Gasteiger partial charge in [0.25, 0.3) is 0 Å². The number of anilines is 1. The van der Waals surface area contributed by atoms with Gasteiger partial charge >= 0.3 is 12.1 Å². The third-order valence-electron chi connectivity index (χ3n) is 3.10. The van der Waals surface area contributed by atoms with E-state index >= 15 is 0 Å². The van der Waals surface area contributed by atoms with Gasteiger partial charge in [-0.1, -0.05) is 0 Å². The van der Waals surface area contributed by atoms with Gasteiger partial charge in [-0.2, -0.15) is 0 Å². The minimum atomic E-state index is -0.942. The molecule has 1 heterocycles. The lowest BCUT2D eigenvalue weighted by atomic mass is 10.1. The molecule has 7 nitrogen and oxygen atoms in total. The lowest BCUT2D eigenvalue weighted by Crippen LogP contribution is -2.27. The first kappa shape index (κ1) is 16.7. The van der Waals surface area contributed by atoms with E-state index in [0.717, 1.165) is 0 Å². The Hall–Kier alpha value is -2.70.